The number of hydrogen-bond donors (Lipinski definition) is 3. The van der Waals surface area contributed by atoms with Crippen molar-refractivity contribution in [2.75, 3.05) is 17.2 Å². The maximum absolute atomic E-state index is 12.7. The van der Waals surface area contributed by atoms with Crippen LogP contribution in [0.2, 0.25) is 0 Å². The van der Waals surface area contributed by atoms with Gasteiger partial charge in [-0.25, -0.2) is 4.98 Å². The molecule has 6 heteroatoms. The van der Waals surface area contributed by atoms with Crippen LogP contribution in [0.3, 0.4) is 0 Å². The molecule has 0 radical (unpaired) electrons. The largest absolute Gasteiger partial charge is 0.365 e. The maximum Gasteiger partial charge on any atom is 0.251 e. The van der Waals surface area contributed by atoms with E-state index in [1.165, 1.54) is 5.56 Å². The van der Waals surface area contributed by atoms with Crippen LogP contribution in [0.1, 0.15) is 46.3 Å². The van der Waals surface area contributed by atoms with E-state index in [0.717, 1.165) is 40.8 Å². The Morgan fingerprint density at radius 3 is 2.53 bits per heavy atom. The molecule has 4 aromatic rings. The highest BCUT2D eigenvalue weighted by Gasteiger charge is 2.39. The first-order chi connectivity index (χ1) is 16.6. The number of carbonyl (C=O) groups excluding carboxylic acids is 1. The topological polar surface area (TPSA) is 78.9 Å². The van der Waals surface area contributed by atoms with Gasteiger partial charge in [0.25, 0.3) is 5.91 Å². The molecule has 0 saturated heterocycles. The zero-order chi connectivity index (χ0) is 23.5. The minimum atomic E-state index is -0.0181. The second-order valence-electron chi connectivity index (χ2n) is 8.83. The molecular formula is C28H29N5O. The predicted molar refractivity (Wildman–Crippen MR) is 137 cm³/mol. The van der Waals surface area contributed by atoms with Gasteiger partial charge in [-0.3, -0.25) is 4.79 Å². The van der Waals surface area contributed by atoms with Crippen LogP contribution in [0.5, 0.6) is 0 Å². The highest BCUT2D eigenvalue weighted by molar-refractivity contribution is 5.94. The summed E-state index contributed by atoms with van der Waals surface area (Å²) in [5.41, 5.74) is 5.12. The second kappa shape index (κ2) is 9.51. The summed E-state index contributed by atoms with van der Waals surface area (Å²) in [6, 6.07) is 24.5. The van der Waals surface area contributed by atoms with Crippen LogP contribution in [-0.2, 0) is 6.54 Å². The first-order valence-corrected chi connectivity index (χ1v) is 11.8. The fourth-order valence-corrected chi connectivity index (χ4v) is 4.25. The third-order valence-electron chi connectivity index (χ3n) is 6.20. The molecule has 34 heavy (non-hydrogen) atoms. The van der Waals surface area contributed by atoms with Gasteiger partial charge in [0.1, 0.15) is 5.82 Å². The van der Waals surface area contributed by atoms with Crippen molar-refractivity contribution in [3.63, 3.8) is 0 Å². The highest BCUT2D eigenvalue weighted by Crippen LogP contribution is 2.40. The Hall–Kier alpha value is -3.93. The summed E-state index contributed by atoms with van der Waals surface area (Å²) >= 11 is 0. The van der Waals surface area contributed by atoms with Crippen molar-refractivity contribution in [3.8, 4) is 0 Å². The second-order valence-corrected chi connectivity index (χ2v) is 8.83. The molecule has 5 rings (SSSR count). The van der Waals surface area contributed by atoms with E-state index in [9.17, 15) is 4.79 Å². The summed E-state index contributed by atoms with van der Waals surface area (Å²) in [4.78, 5) is 22.0. The zero-order valence-electron chi connectivity index (χ0n) is 19.5. The Balaban J connectivity index is 1.23. The number of nitrogens with one attached hydrogen (secondary N) is 3. The summed E-state index contributed by atoms with van der Waals surface area (Å²) in [6.07, 6.45) is 0.999. The number of hydrogen-bond acceptors (Lipinski definition) is 5. The van der Waals surface area contributed by atoms with E-state index >= 15 is 0 Å². The molecule has 1 aliphatic carbocycles. The van der Waals surface area contributed by atoms with Gasteiger partial charge in [-0.2, -0.15) is 4.98 Å². The Bertz CT molecular complexity index is 1300. The molecule has 3 N–H and O–H groups in total. The quantitative estimate of drug-likeness (QED) is 0.340. The van der Waals surface area contributed by atoms with Crippen LogP contribution in [0.25, 0.3) is 10.9 Å². The fraction of sp³-hybridized carbons (Fsp3) is 0.250. The Kier molecular flexibility index (Phi) is 6.12. The maximum atomic E-state index is 12.7. The van der Waals surface area contributed by atoms with Gasteiger partial charge < -0.3 is 16.0 Å². The number of nitrogens with zero attached hydrogens (tertiary/aromatic N) is 2. The Morgan fingerprint density at radius 2 is 1.76 bits per heavy atom. The molecule has 0 bridgehead atoms. The number of amides is 1. The molecule has 0 aliphatic heterocycles. The predicted octanol–water partition coefficient (Wildman–Crippen LogP) is 5.27. The van der Waals surface area contributed by atoms with Crippen molar-refractivity contribution in [1.82, 2.24) is 15.3 Å². The first-order valence-electron chi connectivity index (χ1n) is 11.8. The number of aryl methyl sites for hydroxylation is 1. The number of anilines is 2. The molecule has 1 saturated carbocycles. The van der Waals surface area contributed by atoms with Gasteiger partial charge in [-0.1, -0.05) is 54.1 Å². The summed E-state index contributed by atoms with van der Waals surface area (Å²) in [5.74, 6) is 1.82. The summed E-state index contributed by atoms with van der Waals surface area (Å²) in [7, 11) is 0. The van der Waals surface area contributed by atoms with Crippen LogP contribution in [0.4, 0.5) is 11.8 Å². The minimum absolute atomic E-state index is 0.0181. The average molecular weight is 452 g/mol. The molecule has 1 aliphatic rings. The van der Waals surface area contributed by atoms with Gasteiger partial charge in [0.05, 0.1) is 5.52 Å². The van der Waals surface area contributed by atoms with E-state index < -0.39 is 0 Å². The van der Waals surface area contributed by atoms with Crippen molar-refractivity contribution in [3.05, 3.63) is 95.1 Å². The Morgan fingerprint density at radius 1 is 0.971 bits per heavy atom. The average Bonchev–Trinajstić information content (AvgIpc) is 3.63. The Labute approximate surface area is 199 Å². The number of benzene rings is 3. The SMILES string of the molecule is CCNc1nc(NCc2ccc(C(=O)N[C@H]3C[C@@H]3c3ccccc3)cc2)c2cc(C)ccc2n1. The van der Waals surface area contributed by atoms with Gasteiger partial charge >= 0.3 is 0 Å². The lowest BCUT2D eigenvalue weighted by molar-refractivity contribution is 0.0950. The van der Waals surface area contributed by atoms with Gasteiger partial charge in [0.15, 0.2) is 0 Å². The van der Waals surface area contributed by atoms with Crippen molar-refractivity contribution >= 4 is 28.6 Å². The molecule has 2 atom stereocenters. The third kappa shape index (κ3) is 4.86. The van der Waals surface area contributed by atoms with Crippen molar-refractivity contribution in [1.29, 1.82) is 0 Å². The third-order valence-corrected chi connectivity index (χ3v) is 6.20. The van der Waals surface area contributed by atoms with E-state index in [-0.39, 0.29) is 11.9 Å². The van der Waals surface area contributed by atoms with E-state index in [4.69, 9.17) is 0 Å². The standard InChI is InChI=1S/C28H29N5O/c1-3-29-28-32-24-14-9-18(2)15-23(24)26(33-28)30-17-19-10-12-21(13-11-19)27(34)31-25-16-22(25)20-7-5-4-6-8-20/h4-15,22,25H,3,16-17H2,1-2H3,(H,31,34)(H2,29,30,32,33)/t22-,25+/m1/s1. The number of fused-ring (bicyclic) bond motifs is 1. The van der Waals surface area contributed by atoms with Crippen LogP contribution in [-0.4, -0.2) is 28.5 Å². The van der Waals surface area contributed by atoms with Crippen LogP contribution < -0.4 is 16.0 Å². The van der Waals surface area contributed by atoms with Gasteiger partial charge in [0.2, 0.25) is 5.95 Å². The van der Waals surface area contributed by atoms with Crippen LogP contribution >= 0.6 is 0 Å². The number of carbonyl (C=O) groups is 1. The number of aromatic nitrogens is 2. The summed E-state index contributed by atoms with van der Waals surface area (Å²) < 4.78 is 0. The molecule has 172 valence electrons. The molecular weight excluding hydrogens is 422 g/mol. The van der Waals surface area contributed by atoms with E-state index in [2.05, 4.69) is 57.1 Å². The molecule has 3 aromatic carbocycles. The van der Waals surface area contributed by atoms with E-state index in [1.807, 2.05) is 55.5 Å². The normalized spacial score (nSPS) is 16.8. The van der Waals surface area contributed by atoms with Crippen molar-refractivity contribution in [2.45, 2.75) is 38.8 Å². The first kappa shape index (κ1) is 21.9. The van der Waals surface area contributed by atoms with E-state index in [1.54, 1.807) is 0 Å². The molecule has 0 unspecified atom stereocenters. The highest BCUT2D eigenvalue weighted by atomic mass is 16.1. The van der Waals surface area contributed by atoms with Gasteiger partial charge in [0, 0.05) is 36.0 Å². The van der Waals surface area contributed by atoms with Crippen LogP contribution in [0, 0.1) is 6.92 Å². The van der Waals surface area contributed by atoms with Gasteiger partial charge in [-0.05, 0) is 55.7 Å². The molecule has 0 spiro atoms. The fourth-order valence-electron chi connectivity index (χ4n) is 4.25. The van der Waals surface area contributed by atoms with E-state index in [0.29, 0.717) is 24.0 Å². The zero-order valence-corrected chi connectivity index (χ0v) is 19.5. The van der Waals surface area contributed by atoms with Crippen molar-refractivity contribution in [2.24, 2.45) is 0 Å². The smallest absolute Gasteiger partial charge is 0.251 e. The summed E-state index contributed by atoms with van der Waals surface area (Å²) in [6.45, 7) is 5.45. The number of rotatable bonds is 8. The molecule has 1 amide bonds. The molecule has 6 nitrogen and oxygen atoms in total. The lowest BCUT2D eigenvalue weighted by Gasteiger charge is -2.12. The molecule has 1 fully saturated rings. The minimum Gasteiger partial charge on any atom is -0.365 e. The lowest BCUT2D eigenvalue weighted by Crippen LogP contribution is -2.26. The van der Waals surface area contributed by atoms with Crippen LogP contribution in [0.15, 0.2) is 72.8 Å². The summed E-state index contributed by atoms with van der Waals surface area (Å²) in [5, 5.41) is 10.8. The lowest BCUT2D eigenvalue weighted by atomic mass is 10.1. The monoisotopic (exact) mass is 451 g/mol. The molecule has 1 aromatic heterocycles. The van der Waals surface area contributed by atoms with Crippen molar-refractivity contribution < 1.29 is 4.79 Å². The van der Waals surface area contributed by atoms with Gasteiger partial charge in [-0.15, -0.1) is 0 Å². The molecule has 1 heterocycles.